The van der Waals surface area contributed by atoms with Crippen LogP contribution in [0, 0.1) is 0 Å². The van der Waals surface area contributed by atoms with E-state index in [-0.39, 0.29) is 22.9 Å². The van der Waals surface area contributed by atoms with Gasteiger partial charge in [-0.2, -0.15) is 13.2 Å². The van der Waals surface area contributed by atoms with Gasteiger partial charge in [0.2, 0.25) is 0 Å². The Kier molecular flexibility index (Phi) is 5.69. The molecule has 0 unspecified atom stereocenters. The summed E-state index contributed by atoms with van der Waals surface area (Å²) < 4.78 is 39.0. The van der Waals surface area contributed by atoms with Crippen LogP contribution in [0.25, 0.3) is 11.4 Å². The molecule has 0 saturated heterocycles. The summed E-state index contributed by atoms with van der Waals surface area (Å²) in [6.45, 7) is 1.37. The molecule has 144 valence electrons. The maximum atomic E-state index is 13.0. The molecule has 3 aromatic rings. The Morgan fingerprint density at radius 1 is 1.04 bits per heavy atom. The number of anilines is 2. The Balaban J connectivity index is 2.12. The summed E-state index contributed by atoms with van der Waals surface area (Å²) in [5.41, 5.74) is 0.371. The first-order chi connectivity index (χ1) is 13.3. The summed E-state index contributed by atoms with van der Waals surface area (Å²) in [6.07, 6.45) is -2.69. The van der Waals surface area contributed by atoms with Crippen molar-refractivity contribution in [1.82, 2.24) is 9.97 Å². The smallest absolute Gasteiger partial charge is 0.339 e. The van der Waals surface area contributed by atoms with E-state index in [9.17, 15) is 18.0 Å². The summed E-state index contributed by atoms with van der Waals surface area (Å²) in [6, 6.07) is 13.9. The summed E-state index contributed by atoms with van der Waals surface area (Å²) in [5, 5.41) is 3.32. The van der Waals surface area contributed by atoms with Crippen molar-refractivity contribution in [1.29, 1.82) is 0 Å². The molecule has 0 spiro atoms. The number of benzene rings is 2. The van der Waals surface area contributed by atoms with Gasteiger partial charge in [0.05, 0.1) is 11.1 Å². The number of hydrogen-bond donors (Lipinski definition) is 1. The monoisotopic (exact) mass is 403 g/mol. The standard InChI is InChI=1S/C20H16F3N3OS/c1-12(27)16-18(24-15-10-6-9-14(11-15)20(21,22)23)25-17(26-19(16)28-2)13-7-4-3-5-8-13/h3-11H,1-2H3,(H,24,25,26). The highest BCUT2D eigenvalue weighted by Crippen LogP contribution is 2.33. The first-order valence-electron chi connectivity index (χ1n) is 8.26. The van der Waals surface area contributed by atoms with Crippen molar-refractivity contribution >= 4 is 29.1 Å². The highest BCUT2D eigenvalue weighted by Gasteiger charge is 2.30. The fourth-order valence-corrected chi connectivity index (χ4v) is 3.24. The largest absolute Gasteiger partial charge is 0.416 e. The van der Waals surface area contributed by atoms with Crippen LogP contribution < -0.4 is 5.32 Å². The number of ketones is 1. The van der Waals surface area contributed by atoms with Crippen molar-refractivity contribution in [2.75, 3.05) is 11.6 Å². The average Bonchev–Trinajstić information content (AvgIpc) is 2.67. The van der Waals surface area contributed by atoms with Crippen LogP contribution in [0.15, 0.2) is 59.6 Å². The fraction of sp³-hybridized carbons (Fsp3) is 0.150. The van der Waals surface area contributed by atoms with E-state index in [0.29, 0.717) is 10.9 Å². The maximum Gasteiger partial charge on any atom is 0.416 e. The highest BCUT2D eigenvalue weighted by atomic mass is 32.2. The summed E-state index contributed by atoms with van der Waals surface area (Å²) in [7, 11) is 0. The second kappa shape index (κ2) is 8.02. The summed E-state index contributed by atoms with van der Waals surface area (Å²) in [4.78, 5) is 21.1. The number of nitrogens with zero attached hydrogens (tertiary/aromatic N) is 2. The molecular weight excluding hydrogens is 387 g/mol. The molecule has 0 atom stereocenters. The lowest BCUT2D eigenvalue weighted by atomic mass is 10.1. The lowest BCUT2D eigenvalue weighted by Crippen LogP contribution is -2.09. The number of carbonyl (C=O) groups is 1. The Morgan fingerprint density at radius 2 is 1.75 bits per heavy atom. The van der Waals surface area contributed by atoms with Crippen LogP contribution in [-0.4, -0.2) is 22.0 Å². The van der Waals surface area contributed by atoms with E-state index >= 15 is 0 Å². The van der Waals surface area contributed by atoms with Gasteiger partial charge in [-0.05, 0) is 31.4 Å². The first kappa shape index (κ1) is 19.9. The third-order valence-electron chi connectivity index (χ3n) is 3.91. The molecule has 0 fully saturated rings. The zero-order chi connectivity index (χ0) is 20.3. The van der Waals surface area contributed by atoms with Gasteiger partial charge in [0.1, 0.15) is 10.8 Å². The number of alkyl halides is 3. The topological polar surface area (TPSA) is 54.9 Å². The number of thioether (sulfide) groups is 1. The Morgan fingerprint density at radius 3 is 2.36 bits per heavy atom. The van der Waals surface area contributed by atoms with Gasteiger partial charge in [0, 0.05) is 11.3 Å². The SMILES string of the molecule is CSc1nc(-c2ccccc2)nc(Nc2cccc(C(F)(F)F)c2)c1C(C)=O. The Bertz CT molecular complexity index is 1010. The van der Waals surface area contributed by atoms with E-state index in [2.05, 4.69) is 15.3 Å². The van der Waals surface area contributed by atoms with Crippen LogP contribution in [0.5, 0.6) is 0 Å². The number of rotatable bonds is 5. The van der Waals surface area contributed by atoms with Gasteiger partial charge in [-0.25, -0.2) is 9.97 Å². The van der Waals surface area contributed by atoms with Crippen LogP contribution in [-0.2, 0) is 6.18 Å². The molecule has 3 rings (SSSR count). The van der Waals surface area contributed by atoms with E-state index in [1.807, 2.05) is 30.3 Å². The maximum absolute atomic E-state index is 13.0. The van der Waals surface area contributed by atoms with E-state index < -0.39 is 11.7 Å². The van der Waals surface area contributed by atoms with E-state index in [0.717, 1.165) is 17.7 Å². The molecule has 1 aromatic heterocycles. The van der Waals surface area contributed by atoms with Gasteiger partial charge in [-0.3, -0.25) is 4.79 Å². The van der Waals surface area contributed by atoms with Crippen molar-refractivity contribution < 1.29 is 18.0 Å². The number of nitrogens with one attached hydrogen (secondary N) is 1. The van der Waals surface area contributed by atoms with Gasteiger partial charge in [-0.15, -0.1) is 11.8 Å². The van der Waals surface area contributed by atoms with Crippen molar-refractivity contribution in [2.24, 2.45) is 0 Å². The van der Waals surface area contributed by atoms with E-state index in [4.69, 9.17) is 0 Å². The number of halogens is 3. The predicted molar refractivity (Wildman–Crippen MR) is 104 cm³/mol. The van der Waals surface area contributed by atoms with E-state index in [1.165, 1.54) is 30.8 Å². The molecule has 1 N–H and O–H groups in total. The van der Waals surface area contributed by atoms with Crippen LogP contribution in [0.2, 0.25) is 0 Å². The lowest BCUT2D eigenvalue weighted by Gasteiger charge is -2.15. The molecular formula is C20H16F3N3OS. The number of hydrogen-bond acceptors (Lipinski definition) is 5. The molecule has 8 heteroatoms. The van der Waals surface area contributed by atoms with Crippen LogP contribution in [0.3, 0.4) is 0 Å². The molecule has 0 amide bonds. The zero-order valence-electron chi connectivity index (χ0n) is 15.0. The molecule has 0 aliphatic heterocycles. The second-order valence-electron chi connectivity index (χ2n) is 5.91. The van der Waals surface area contributed by atoms with Gasteiger partial charge >= 0.3 is 6.18 Å². The molecule has 0 bridgehead atoms. The third kappa shape index (κ3) is 4.33. The molecule has 0 saturated carbocycles. The highest BCUT2D eigenvalue weighted by molar-refractivity contribution is 7.98. The van der Waals surface area contributed by atoms with Crippen LogP contribution >= 0.6 is 11.8 Å². The minimum absolute atomic E-state index is 0.171. The number of Topliss-reactive ketones (excluding diaryl/α,β-unsaturated/α-hetero) is 1. The molecule has 28 heavy (non-hydrogen) atoms. The van der Waals surface area contributed by atoms with Gasteiger partial charge in [-0.1, -0.05) is 36.4 Å². The Hall–Kier alpha value is -2.87. The molecule has 2 aromatic carbocycles. The molecule has 4 nitrogen and oxygen atoms in total. The minimum atomic E-state index is -4.47. The summed E-state index contributed by atoms with van der Waals surface area (Å²) >= 11 is 1.27. The van der Waals surface area contributed by atoms with Crippen LogP contribution in [0.4, 0.5) is 24.7 Å². The van der Waals surface area contributed by atoms with Crippen molar-refractivity contribution in [3.05, 3.63) is 65.7 Å². The zero-order valence-corrected chi connectivity index (χ0v) is 15.9. The van der Waals surface area contributed by atoms with Gasteiger partial charge < -0.3 is 5.32 Å². The normalized spacial score (nSPS) is 11.3. The van der Waals surface area contributed by atoms with Gasteiger partial charge in [0.15, 0.2) is 11.6 Å². The molecule has 0 radical (unpaired) electrons. The minimum Gasteiger partial charge on any atom is -0.339 e. The van der Waals surface area contributed by atoms with E-state index in [1.54, 1.807) is 6.26 Å². The molecule has 1 heterocycles. The molecule has 0 aliphatic rings. The lowest BCUT2D eigenvalue weighted by molar-refractivity contribution is -0.137. The first-order valence-corrected chi connectivity index (χ1v) is 9.48. The quantitative estimate of drug-likeness (QED) is 0.330. The fourth-order valence-electron chi connectivity index (χ4n) is 2.62. The van der Waals surface area contributed by atoms with Crippen molar-refractivity contribution in [3.63, 3.8) is 0 Å². The van der Waals surface area contributed by atoms with Gasteiger partial charge in [0.25, 0.3) is 0 Å². The summed E-state index contributed by atoms with van der Waals surface area (Å²) in [5.74, 6) is 0.271. The number of aromatic nitrogens is 2. The number of carbonyl (C=O) groups excluding carboxylic acids is 1. The van der Waals surface area contributed by atoms with Crippen molar-refractivity contribution in [2.45, 2.75) is 18.1 Å². The second-order valence-corrected chi connectivity index (χ2v) is 6.70. The average molecular weight is 403 g/mol. The van der Waals surface area contributed by atoms with Crippen LogP contribution in [0.1, 0.15) is 22.8 Å². The predicted octanol–water partition coefficient (Wildman–Crippen LogP) is 5.83. The Labute approximate surface area is 164 Å². The molecule has 0 aliphatic carbocycles. The van der Waals surface area contributed by atoms with Crippen molar-refractivity contribution in [3.8, 4) is 11.4 Å². The third-order valence-corrected chi connectivity index (χ3v) is 4.59.